The number of hydrogen-bond donors (Lipinski definition) is 1. The van der Waals surface area contributed by atoms with Crippen LogP contribution < -0.4 is 5.32 Å². The Labute approximate surface area is 114 Å². The van der Waals surface area contributed by atoms with Crippen LogP contribution in [-0.2, 0) is 0 Å². The van der Waals surface area contributed by atoms with Gasteiger partial charge in [-0.25, -0.2) is 0 Å². The van der Waals surface area contributed by atoms with Gasteiger partial charge in [0.2, 0.25) is 0 Å². The number of rotatable bonds is 4. The fourth-order valence-electron chi connectivity index (χ4n) is 2.67. The molecule has 19 heavy (non-hydrogen) atoms. The van der Waals surface area contributed by atoms with Crippen molar-refractivity contribution in [1.29, 1.82) is 0 Å². The van der Waals surface area contributed by atoms with Crippen molar-refractivity contribution >= 4 is 0 Å². The Balaban J connectivity index is 1.57. The first kappa shape index (κ1) is 12.4. The minimum atomic E-state index is 0.197. The van der Waals surface area contributed by atoms with Crippen molar-refractivity contribution in [2.75, 3.05) is 7.05 Å². The van der Waals surface area contributed by atoms with E-state index in [-0.39, 0.29) is 6.04 Å². The Morgan fingerprint density at radius 3 is 2.79 bits per heavy atom. The van der Waals surface area contributed by atoms with Crippen LogP contribution in [0.4, 0.5) is 0 Å². The van der Waals surface area contributed by atoms with Crippen LogP contribution in [0.3, 0.4) is 0 Å². The molecule has 100 valence electrons. The molecule has 3 nitrogen and oxygen atoms in total. The van der Waals surface area contributed by atoms with Crippen LogP contribution in [0.25, 0.3) is 0 Å². The summed E-state index contributed by atoms with van der Waals surface area (Å²) >= 11 is 0. The Bertz CT molecular complexity index is 478. The number of azo groups is 1. The summed E-state index contributed by atoms with van der Waals surface area (Å²) in [4.78, 5) is 0. The number of nitrogens with one attached hydrogen (secondary N) is 1. The van der Waals surface area contributed by atoms with Crippen molar-refractivity contribution in [3.8, 4) is 0 Å². The molecule has 1 fully saturated rings. The Hall–Kier alpha value is -1.64. The van der Waals surface area contributed by atoms with Crippen molar-refractivity contribution in [2.45, 2.75) is 37.8 Å². The first-order valence-corrected chi connectivity index (χ1v) is 7.17. The van der Waals surface area contributed by atoms with E-state index in [1.807, 2.05) is 0 Å². The molecule has 3 rings (SSSR count). The summed E-state index contributed by atoms with van der Waals surface area (Å²) in [7, 11) is 1.73. The quantitative estimate of drug-likeness (QED) is 0.766. The lowest BCUT2D eigenvalue weighted by Gasteiger charge is -2.21. The molecule has 0 aliphatic heterocycles. The number of nitrogens with zero attached hydrogens (tertiary/aromatic N) is 2. The molecule has 2 unspecified atom stereocenters. The summed E-state index contributed by atoms with van der Waals surface area (Å²) in [6.07, 6.45) is 18.3. The average molecular weight is 255 g/mol. The largest absolute Gasteiger partial charge is 0.379 e. The topological polar surface area (TPSA) is 36.8 Å². The van der Waals surface area contributed by atoms with Gasteiger partial charge < -0.3 is 5.32 Å². The lowest BCUT2D eigenvalue weighted by atomic mass is 9.99. The van der Waals surface area contributed by atoms with Crippen LogP contribution in [0.2, 0.25) is 0 Å². The van der Waals surface area contributed by atoms with Gasteiger partial charge in [0.05, 0.1) is 6.04 Å². The van der Waals surface area contributed by atoms with E-state index >= 15 is 0 Å². The highest BCUT2D eigenvalue weighted by Crippen LogP contribution is 2.38. The zero-order valence-electron chi connectivity index (χ0n) is 11.4. The van der Waals surface area contributed by atoms with E-state index in [2.05, 4.69) is 52.0 Å². The monoisotopic (exact) mass is 255 g/mol. The predicted octanol–water partition coefficient (Wildman–Crippen LogP) is 3.54. The summed E-state index contributed by atoms with van der Waals surface area (Å²) in [5, 5.41) is 11.6. The standard InChI is InChI=1S/C16H21N3/c1-17-19-16-4-2-3-15(11-16)18-14-9-7-13(8-10-14)12-5-6-12/h2-3,7-9,11-12,14,16,18H,4-6,10H2,1H3. The highest BCUT2D eigenvalue weighted by Gasteiger charge is 2.25. The molecule has 0 bridgehead atoms. The molecule has 0 radical (unpaired) electrons. The van der Waals surface area contributed by atoms with E-state index < -0.39 is 0 Å². The van der Waals surface area contributed by atoms with Crippen LogP contribution in [0.1, 0.15) is 25.7 Å². The summed E-state index contributed by atoms with van der Waals surface area (Å²) in [6, 6.07) is 0.610. The molecular formula is C16H21N3. The normalized spacial score (nSPS) is 30.4. The van der Waals surface area contributed by atoms with Gasteiger partial charge in [-0.2, -0.15) is 10.2 Å². The average Bonchev–Trinajstić information content (AvgIpc) is 3.25. The maximum Gasteiger partial charge on any atom is 0.0945 e. The molecule has 0 aromatic heterocycles. The van der Waals surface area contributed by atoms with Gasteiger partial charge in [0.25, 0.3) is 0 Å². The second kappa shape index (κ2) is 5.55. The van der Waals surface area contributed by atoms with E-state index in [4.69, 9.17) is 0 Å². The molecule has 0 amide bonds. The zero-order chi connectivity index (χ0) is 13.1. The Morgan fingerprint density at radius 2 is 2.11 bits per heavy atom. The van der Waals surface area contributed by atoms with Crippen molar-refractivity contribution in [3.63, 3.8) is 0 Å². The second-order valence-corrected chi connectivity index (χ2v) is 5.47. The zero-order valence-corrected chi connectivity index (χ0v) is 11.4. The molecule has 1 N–H and O–H groups in total. The summed E-state index contributed by atoms with van der Waals surface area (Å²) in [5.41, 5.74) is 2.71. The SMILES string of the molecule is CN=NC1C=C(NC2C=CC(C3CC3)=CC2)C=CC1. The second-order valence-electron chi connectivity index (χ2n) is 5.47. The van der Waals surface area contributed by atoms with Crippen LogP contribution in [0, 0.1) is 5.92 Å². The van der Waals surface area contributed by atoms with Crippen LogP contribution in [0.15, 0.2) is 58.0 Å². The summed E-state index contributed by atoms with van der Waals surface area (Å²) < 4.78 is 0. The first-order chi connectivity index (χ1) is 9.35. The van der Waals surface area contributed by atoms with Gasteiger partial charge in [0.15, 0.2) is 0 Å². The molecule has 1 saturated carbocycles. The van der Waals surface area contributed by atoms with Crippen molar-refractivity contribution in [3.05, 3.63) is 47.7 Å². The maximum atomic E-state index is 4.20. The molecular weight excluding hydrogens is 234 g/mol. The van der Waals surface area contributed by atoms with E-state index in [0.717, 1.165) is 18.8 Å². The molecule has 3 aliphatic rings. The minimum Gasteiger partial charge on any atom is -0.379 e. The van der Waals surface area contributed by atoms with E-state index in [1.54, 1.807) is 12.6 Å². The highest BCUT2D eigenvalue weighted by atomic mass is 15.1. The van der Waals surface area contributed by atoms with Crippen LogP contribution >= 0.6 is 0 Å². The molecule has 0 aromatic rings. The third kappa shape index (κ3) is 3.22. The van der Waals surface area contributed by atoms with E-state index in [9.17, 15) is 0 Å². The maximum absolute atomic E-state index is 4.20. The number of hydrogen-bond acceptors (Lipinski definition) is 3. The van der Waals surface area contributed by atoms with Gasteiger partial charge >= 0.3 is 0 Å². The molecule has 0 aromatic carbocycles. The fourth-order valence-corrected chi connectivity index (χ4v) is 2.67. The molecule has 0 saturated heterocycles. The van der Waals surface area contributed by atoms with E-state index in [1.165, 1.54) is 18.5 Å². The van der Waals surface area contributed by atoms with Crippen LogP contribution in [0.5, 0.6) is 0 Å². The first-order valence-electron chi connectivity index (χ1n) is 7.17. The molecule has 2 atom stereocenters. The van der Waals surface area contributed by atoms with Crippen molar-refractivity contribution in [1.82, 2.24) is 5.32 Å². The minimum absolute atomic E-state index is 0.197. The lowest BCUT2D eigenvalue weighted by Crippen LogP contribution is -2.28. The molecule has 0 heterocycles. The molecule has 0 spiro atoms. The van der Waals surface area contributed by atoms with Gasteiger partial charge in [0, 0.05) is 18.8 Å². The number of allylic oxidation sites excluding steroid dienone is 3. The third-order valence-corrected chi connectivity index (χ3v) is 3.84. The Morgan fingerprint density at radius 1 is 1.21 bits per heavy atom. The Kier molecular flexibility index (Phi) is 3.62. The highest BCUT2D eigenvalue weighted by molar-refractivity contribution is 5.32. The summed E-state index contributed by atoms with van der Waals surface area (Å²) in [5.74, 6) is 0.861. The van der Waals surface area contributed by atoms with E-state index in [0.29, 0.717) is 6.04 Å². The predicted molar refractivity (Wildman–Crippen MR) is 77.9 cm³/mol. The molecule has 3 heteroatoms. The van der Waals surface area contributed by atoms with Crippen molar-refractivity contribution < 1.29 is 0 Å². The third-order valence-electron chi connectivity index (χ3n) is 3.84. The fraction of sp³-hybridized carbons (Fsp3) is 0.500. The van der Waals surface area contributed by atoms with Gasteiger partial charge in [-0.3, -0.25) is 0 Å². The smallest absolute Gasteiger partial charge is 0.0945 e. The van der Waals surface area contributed by atoms with Gasteiger partial charge in [-0.1, -0.05) is 24.3 Å². The van der Waals surface area contributed by atoms with Crippen LogP contribution in [-0.4, -0.2) is 19.1 Å². The van der Waals surface area contributed by atoms with Gasteiger partial charge in [-0.05, 0) is 49.3 Å². The van der Waals surface area contributed by atoms with Gasteiger partial charge in [-0.15, -0.1) is 0 Å². The summed E-state index contributed by atoms with van der Waals surface area (Å²) in [6.45, 7) is 0. The van der Waals surface area contributed by atoms with Gasteiger partial charge in [0.1, 0.15) is 0 Å². The van der Waals surface area contributed by atoms with Crippen molar-refractivity contribution in [2.24, 2.45) is 16.1 Å². The molecule has 3 aliphatic carbocycles. The lowest BCUT2D eigenvalue weighted by molar-refractivity contribution is 0.658.